The molecule has 2 heteroatoms. The summed E-state index contributed by atoms with van der Waals surface area (Å²) in [6, 6.07) is 9.26. The van der Waals surface area contributed by atoms with E-state index in [9.17, 15) is 0 Å². The molecule has 0 aliphatic rings. The van der Waals surface area contributed by atoms with Gasteiger partial charge < -0.3 is 10.1 Å². The smallest absolute Gasteiger partial charge is 0.0505 e. The third kappa shape index (κ3) is 5.85. The minimum absolute atomic E-state index is 0.534. The van der Waals surface area contributed by atoms with Gasteiger partial charge in [0.25, 0.3) is 0 Å². The van der Waals surface area contributed by atoms with Gasteiger partial charge in [0.05, 0.1) is 6.61 Å². The molecule has 1 unspecified atom stereocenters. The predicted molar refractivity (Wildman–Crippen MR) is 73.4 cm³/mol. The van der Waals surface area contributed by atoms with Crippen molar-refractivity contribution in [2.45, 2.75) is 33.2 Å². The standard InChI is InChI=1S/C15H25NO/c1-12(2)16-10-15(11-17-4)9-14-7-5-6-13(3)8-14/h5-8,12,15-16H,9-11H2,1-4H3. The van der Waals surface area contributed by atoms with Crippen LogP contribution in [0, 0.1) is 12.8 Å². The van der Waals surface area contributed by atoms with Crippen LogP contribution in [0.3, 0.4) is 0 Å². The zero-order valence-electron chi connectivity index (χ0n) is 11.5. The van der Waals surface area contributed by atoms with Gasteiger partial charge in [0, 0.05) is 19.7 Å². The fourth-order valence-corrected chi connectivity index (χ4v) is 2.00. The molecule has 0 aliphatic heterocycles. The molecule has 0 aromatic heterocycles. The number of nitrogens with one attached hydrogen (secondary N) is 1. The maximum absolute atomic E-state index is 5.30. The Balaban J connectivity index is 2.53. The molecule has 96 valence electrons. The Morgan fingerprint density at radius 2 is 2.06 bits per heavy atom. The normalized spacial score (nSPS) is 13.0. The van der Waals surface area contributed by atoms with Gasteiger partial charge >= 0.3 is 0 Å². The van der Waals surface area contributed by atoms with Crippen molar-refractivity contribution in [1.29, 1.82) is 0 Å². The lowest BCUT2D eigenvalue weighted by Gasteiger charge is -2.18. The van der Waals surface area contributed by atoms with Gasteiger partial charge in [-0.2, -0.15) is 0 Å². The predicted octanol–water partition coefficient (Wildman–Crippen LogP) is 2.80. The second kappa shape index (κ2) is 7.46. The molecular formula is C15H25NO. The number of aryl methyl sites for hydroxylation is 1. The molecule has 0 heterocycles. The van der Waals surface area contributed by atoms with Gasteiger partial charge in [0.1, 0.15) is 0 Å². The van der Waals surface area contributed by atoms with Crippen LogP contribution in [0.25, 0.3) is 0 Å². The van der Waals surface area contributed by atoms with E-state index < -0.39 is 0 Å². The lowest BCUT2D eigenvalue weighted by atomic mass is 9.98. The number of hydrogen-bond acceptors (Lipinski definition) is 2. The Kier molecular flexibility index (Phi) is 6.23. The first kappa shape index (κ1) is 14.2. The summed E-state index contributed by atoms with van der Waals surface area (Å²) in [6.07, 6.45) is 1.08. The molecule has 0 amide bonds. The van der Waals surface area contributed by atoms with Gasteiger partial charge in [-0.3, -0.25) is 0 Å². The zero-order valence-corrected chi connectivity index (χ0v) is 11.5. The molecule has 1 aromatic rings. The lowest BCUT2D eigenvalue weighted by Crippen LogP contribution is -2.32. The van der Waals surface area contributed by atoms with Crippen LogP contribution in [0.15, 0.2) is 24.3 Å². The van der Waals surface area contributed by atoms with Crippen LogP contribution >= 0.6 is 0 Å². The van der Waals surface area contributed by atoms with E-state index >= 15 is 0 Å². The molecule has 0 aliphatic carbocycles. The number of benzene rings is 1. The summed E-state index contributed by atoms with van der Waals surface area (Å²) >= 11 is 0. The Morgan fingerprint density at radius 1 is 1.29 bits per heavy atom. The maximum atomic E-state index is 5.30. The molecule has 1 aromatic carbocycles. The first-order valence-corrected chi connectivity index (χ1v) is 6.39. The Bertz CT molecular complexity index is 322. The van der Waals surface area contributed by atoms with Crippen LogP contribution in [0.5, 0.6) is 0 Å². The minimum atomic E-state index is 0.534. The van der Waals surface area contributed by atoms with E-state index in [1.807, 2.05) is 0 Å². The number of rotatable bonds is 7. The molecule has 1 atom stereocenters. The second-order valence-electron chi connectivity index (χ2n) is 5.08. The number of ether oxygens (including phenoxy) is 1. The maximum Gasteiger partial charge on any atom is 0.0505 e. The second-order valence-corrected chi connectivity index (χ2v) is 5.08. The highest BCUT2D eigenvalue weighted by Gasteiger charge is 2.10. The third-order valence-electron chi connectivity index (χ3n) is 2.82. The van der Waals surface area contributed by atoms with Crippen molar-refractivity contribution in [3.8, 4) is 0 Å². The van der Waals surface area contributed by atoms with E-state index in [1.165, 1.54) is 11.1 Å². The molecular weight excluding hydrogens is 210 g/mol. The highest BCUT2D eigenvalue weighted by atomic mass is 16.5. The quantitative estimate of drug-likeness (QED) is 0.784. The molecule has 17 heavy (non-hydrogen) atoms. The van der Waals surface area contributed by atoms with Gasteiger partial charge in [-0.05, 0) is 24.8 Å². The summed E-state index contributed by atoms with van der Waals surface area (Å²) in [7, 11) is 1.78. The summed E-state index contributed by atoms with van der Waals surface area (Å²) in [6.45, 7) is 8.32. The first-order chi connectivity index (χ1) is 8.11. The van der Waals surface area contributed by atoms with Crippen LogP contribution < -0.4 is 5.32 Å². The van der Waals surface area contributed by atoms with Gasteiger partial charge in [0.2, 0.25) is 0 Å². The summed E-state index contributed by atoms with van der Waals surface area (Å²) in [4.78, 5) is 0. The summed E-state index contributed by atoms with van der Waals surface area (Å²) in [5.74, 6) is 0.546. The molecule has 2 nitrogen and oxygen atoms in total. The van der Waals surface area contributed by atoms with Crippen molar-refractivity contribution >= 4 is 0 Å². The van der Waals surface area contributed by atoms with Crippen LogP contribution in [0.1, 0.15) is 25.0 Å². The fourth-order valence-electron chi connectivity index (χ4n) is 2.00. The van der Waals surface area contributed by atoms with E-state index in [0.29, 0.717) is 12.0 Å². The Labute approximate surface area is 105 Å². The largest absolute Gasteiger partial charge is 0.384 e. The molecule has 1 rings (SSSR count). The highest BCUT2D eigenvalue weighted by molar-refractivity contribution is 5.22. The molecule has 0 saturated carbocycles. The monoisotopic (exact) mass is 235 g/mol. The van der Waals surface area contributed by atoms with Crippen molar-refractivity contribution in [2.75, 3.05) is 20.3 Å². The summed E-state index contributed by atoms with van der Waals surface area (Å²) < 4.78 is 5.30. The summed E-state index contributed by atoms with van der Waals surface area (Å²) in [5.41, 5.74) is 2.73. The summed E-state index contributed by atoms with van der Waals surface area (Å²) in [5, 5.41) is 3.49. The molecule has 1 N–H and O–H groups in total. The SMILES string of the molecule is COCC(CNC(C)C)Cc1cccc(C)c1. The molecule has 0 radical (unpaired) electrons. The fraction of sp³-hybridized carbons (Fsp3) is 0.600. The molecule has 0 bridgehead atoms. The van der Waals surface area contributed by atoms with Crippen molar-refractivity contribution < 1.29 is 4.74 Å². The van der Waals surface area contributed by atoms with Crippen molar-refractivity contribution in [1.82, 2.24) is 5.32 Å². The van der Waals surface area contributed by atoms with Crippen LogP contribution in [-0.2, 0) is 11.2 Å². The highest BCUT2D eigenvalue weighted by Crippen LogP contribution is 2.11. The third-order valence-corrected chi connectivity index (χ3v) is 2.82. The van der Waals surface area contributed by atoms with Crippen LogP contribution in [0.2, 0.25) is 0 Å². The minimum Gasteiger partial charge on any atom is -0.384 e. The van der Waals surface area contributed by atoms with E-state index in [0.717, 1.165) is 19.6 Å². The Morgan fingerprint density at radius 3 is 2.65 bits per heavy atom. The van der Waals surface area contributed by atoms with Crippen LogP contribution in [0.4, 0.5) is 0 Å². The van der Waals surface area contributed by atoms with Crippen molar-refractivity contribution in [2.24, 2.45) is 5.92 Å². The number of hydrogen-bond donors (Lipinski definition) is 1. The Hall–Kier alpha value is -0.860. The lowest BCUT2D eigenvalue weighted by molar-refractivity contribution is 0.149. The molecule has 0 fully saturated rings. The van der Waals surface area contributed by atoms with E-state index in [4.69, 9.17) is 4.74 Å². The average Bonchev–Trinajstić information content (AvgIpc) is 2.26. The molecule has 0 saturated heterocycles. The van der Waals surface area contributed by atoms with Crippen LogP contribution in [-0.4, -0.2) is 26.3 Å². The topological polar surface area (TPSA) is 21.3 Å². The van der Waals surface area contributed by atoms with Crippen molar-refractivity contribution in [3.05, 3.63) is 35.4 Å². The zero-order chi connectivity index (χ0) is 12.7. The van der Waals surface area contributed by atoms with Gasteiger partial charge in [-0.1, -0.05) is 43.7 Å². The van der Waals surface area contributed by atoms with Gasteiger partial charge in [-0.25, -0.2) is 0 Å². The first-order valence-electron chi connectivity index (χ1n) is 6.39. The van der Waals surface area contributed by atoms with Crippen molar-refractivity contribution in [3.63, 3.8) is 0 Å². The molecule has 0 spiro atoms. The van der Waals surface area contributed by atoms with Gasteiger partial charge in [0.15, 0.2) is 0 Å². The van der Waals surface area contributed by atoms with E-state index in [1.54, 1.807) is 7.11 Å². The average molecular weight is 235 g/mol. The van der Waals surface area contributed by atoms with Gasteiger partial charge in [-0.15, -0.1) is 0 Å². The van der Waals surface area contributed by atoms with E-state index in [-0.39, 0.29) is 0 Å². The van der Waals surface area contributed by atoms with E-state index in [2.05, 4.69) is 50.4 Å². The number of methoxy groups -OCH3 is 1.